The molecule has 12 heavy (non-hydrogen) atoms. The monoisotopic (exact) mass is 236 g/mol. The Morgan fingerprint density at radius 2 is 2.00 bits per heavy atom. The van der Waals surface area contributed by atoms with Crippen molar-refractivity contribution in [2.75, 3.05) is 5.33 Å². The Bertz CT molecular complexity index is 187. The van der Waals surface area contributed by atoms with E-state index in [0.29, 0.717) is 11.8 Å². The van der Waals surface area contributed by atoms with Crippen LogP contribution < -0.4 is 0 Å². The van der Waals surface area contributed by atoms with Gasteiger partial charge in [-0.3, -0.25) is 9.59 Å². The topological polar surface area (TPSA) is 54.4 Å². The lowest BCUT2D eigenvalue weighted by atomic mass is 9.94. The van der Waals surface area contributed by atoms with Crippen LogP contribution in [0.1, 0.15) is 26.7 Å². The highest BCUT2D eigenvalue weighted by Crippen LogP contribution is 2.11. The van der Waals surface area contributed by atoms with Crippen molar-refractivity contribution < 1.29 is 14.7 Å². The first-order chi connectivity index (χ1) is 5.42. The number of hydrogen-bond acceptors (Lipinski definition) is 3. The molecule has 0 heterocycles. The van der Waals surface area contributed by atoms with Crippen LogP contribution >= 0.6 is 15.9 Å². The van der Waals surface area contributed by atoms with Crippen LogP contribution in [0.5, 0.6) is 0 Å². The Balaban J connectivity index is 4.16. The summed E-state index contributed by atoms with van der Waals surface area (Å²) in [7, 11) is 0. The third-order valence-corrected chi connectivity index (χ3v) is 2.33. The molecule has 0 aliphatic rings. The van der Waals surface area contributed by atoms with E-state index in [9.17, 15) is 14.7 Å². The second-order valence-electron chi connectivity index (χ2n) is 2.84. The molecule has 0 saturated heterocycles. The van der Waals surface area contributed by atoms with E-state index in [-0.39, 0.29) is 6.42 Å². The maximum Gasteiger partial charge on any atom is 0.177 e. The van der Waals surface area contributed by atoms with Gasteiger partial charge in [-0.2, -0.15) is 0 Å². The van der Waals surface area contributed by atoms with E-state index < -0.39 is 17.2 Å². The van der Waals surface area contributed by atoms with Crippen molar-refractivity contribution in [2.24, 2.45) is 0 Å². The molecule has 0 amide bonds. The number of hydrogen-bond donors (Lipinski definition) is 1. The van der Waals surface area contributed by atoms with Crippen molar-refractivity contribution in [3.63, 3.8) is 0 Å². The molecule has 1 N–H and O–H groups in total. The molecule has 0 aliphatic heterocycles. The van der Waals surface area contributed by atoms with Crippen molar-refractivity contribution >= 4 is 27.5 Å². The van der Waals surface area contributed by atoms with Crippen LogP contribution in [-0.2, 0) is 9.59 Å². The molecule has 0 radical (unpaired) electrons. The van der Waals surface area contributed by atoms with E-state index in [0.717, 1.165) is 0 Å². The number of alkyl halides is 1. The molecule has 0 aromatic rings. The van der Waals surface area contributed by atoms with Crippen LogP contribution in [-0.4, -0.2) is 27.6 Å². The van der Waals surface area contributed by atoms with Gasteiger partial charge < -0.3 is 5.11 Å². The molecule has 0 bridgehead atoms. The first-order valence-corrected chi connectivity index (χ1v) is 4.87. The highest BCUT2D eigenvalue weighted by molar-refractivity contribution is 9.09. The lowest BCUT2D eigenvalue weighted by molar-refractivity contribution is -0.147. The summed E-state index contributed by atoms with van der Waals surface area (Å²) in [5, 5.41) is 10.1. The largest absolute Gasteiger partial charge is 0.375 e. The number of Topliss-reactive ketones (excluding diaryl/α,β-unsaturated/α-hetero) is 2. The molecule has 0 rings (SSSR count). The summed E-state index contributed by atoms with van der Waals surface area (Å²) in [4.78, 5) is 22.0. The second-order valence-corrected chi connectivity index (χ2v) is 3.64. The summed E-state index contributed by atoms with van der Waals surface area (Å²) < 4.78 is 0. The molecule has 1 atom stereocenters. The molecular formula is C8H13BrO3. The maximum atomic E-state index is 11.2. The van der Waals surface area contributed by atoms with Gasteiger partial charge in [0, 0.05) is 11.8 Å². The highest BCUT2D eigenvalue weighted by atomic mass is 79.9. The molecule has 0 unspecified atom stereocenters. The zero-order valence-electron chi connectivity index (χ0n) is 7.26. The van der Waals surface area contributed by atoms with Gasteiger partial charge in [0.15, 0.2) is 17.2 Å². The zero-order chi connectivity index (χ0) is 9.78. The number of aliphatic hydroxyl groups is 1. The average molecular weight is 237 g/mol. The van der Waals surface area contributed by atoms with E-state index in [4.69, 9.17) is 0 Å². The summed E-state index contributed by atoms with van der Waals surface area (Å²) >= 11 is 3.16. The smallest absolute Gasteiger partial charge is 0.177 e. The normalized spacial score (nSPS) is 15.3. The Morgan fingerprint density at radius 1 is 1.50 bits per heavy atom. The first-order valence-electron chi connectivity index (χ1n) is 3.75. The Morgan fingerprint density at radius 3 is 2.33 bits per heavy atom. The Hall–Kier alpha value is -0.220. The fourth-order valence-electron chi connectivity index (χ4n) is 0.667. The molecular weight excluding hydrogens is 224 g/mol. The van der Waals surface area contributed by atoms with Gasteiger partial charge in [-0.25, -0.2) is 0 Å². The number of carbonyl (C=O) groups excluding carboxylic acids is 2. The molecule has 0 spiro atoms. The third kappa shape index (κ3) is 3.03. The lowest BCUT2D eigenvalue weighted by Gasteiger charge is -2.17. The van der Waals surface area contributed by atoms with Gasteiger partial charge in [0.1, 0.15) is 0 Å². The molecule has 0 aromatic heterocycles. The summed E-state index contributed by atoms with van der Waals surface area (Å²) in [5.74, 6) is -0.906. The molecule has 70 valence electrons. The standard InChI is InChI=1S/C8H13BrO3/c1-6(10)8(2,12)7(11)4-3-5-9/h12H,3-5H2,1-2H3/t8-/m0/s1. The minimum atomic E-state index is -1.79. The number of rotatable bonds is 5. The summed E-state index contributed by atoms with van der Waals surface area (Å²) in [6.45, 7) is 2.46. The van der Waals surface area contributed by atoms with Gasteiger partial charge in [0.25, 0.3) is 0 Å². The van der Waals surface area contributed by atoms with Crippen molar-refractivity contribution in [3.05, 3.63) is 0 Å². The number of ketones is 2. The minimum absolute atomic E-state index is 0.234. The van der Waals surface area contributed by atoms with Crippen molar-refractivity contribution in [2.45, 2.75) is 32.3 Å². The summed E-state index contributed by atoms with van der Waals surface area (Å²) in [6.07, 6.45) is 0.875. The maximum absolute atomic E-state index is 11.2. The van der Waals surface area contributed by atoms with E-state index in [1.807, 2.05) is 0 Å². The predicted molar refractivity (Wildman–Crippen MR) is 49.3 cm³/mol. The lowest BCUT2D eigenvalue weighted by Crippen LogP contribution is -2.42. The van der Waals surface area contributed by atoms with Gasteiger partial charge in [-0.1, -0.05) is 15.9 Å². The SMILES string of the molecule is CC(=O)[C@](C)(O)C(=O)CCCBr. The van der Waals surface area contributed by atoms with E-state index in [1.54, 1.807) is 0 Å². The predicted octanol–water partition coefficient (Wildman–Crippen LogP) is 1.07. The van der Waals surface area contributed by atoms with Crippen molar-refractivity contribution in [3.8, 4) is 0 Å². The average Bonchev–Trinajstić information content (AvgIpc) is 1.99. The molecule has 0 fully saturated rings. The number of carbonyl (C=O) groups is 2. The van der Waals surface area contributed by atoms with Crippen LogP contribution in [0.2, 0.25) is 0 Å². The molecule has 3 nitrogen and oxygen atoms in total. The van der Waals surface area contributed by atoms with Crippen molar-refractivity contribution in [1.29, 1.82) is 0 Å². The van der Waals surface area contributed by atoms with Crippen LogP contribution in [0, 0.1) is 0 Å². The van der Waals surface area contributed by atoms with Gasteiger partial charge in [-0.15, -0.1) is 0 Å². The van der Waals surface area contributed by atoms with Crippen LogP contribution in [0.15, 0.2) is 0 Å². The van der Waals surface area contributed by atoms with Gasteiger partial charge >= 0.3 is 0 Å². The van der Waals surface area contributed by atoms with E-state index in [2.05, 4.69) is 15.9 Å². The van der Waals surface area contributed by atoms with Crippen LogP contribution in [0.25, 0.3) is 0 Å². The fourth-order valence-corrected chi connectivity index (χ4v) is 0.947. The fraction of sp³-hybridized carbons (Fsp3) is 0.750. The second kappa shape index (κ2) is 4.72. The highest BCUT2D eigenvalue weighted by Gasteiger charge is 2.34. The van der Waals surface area contributed by atoms with Gasteiger partial charge in [0.05, 0.1) is 0 Å². The van der Waals surface area contributed by atoms with Gasteiger partial charge in [-0.05, 0) is 20.3 Å². The van der Waals surface area contributed by atoms with Crippen LogP contribution in [0.4, 0.5) is 0 Å². The summed E-state index contributed by atoms with van der Waals surface area (Å²) in [6, 6.07) is 0. The summed E-state index contributed by atoms with van der Waals surface area (Å²) in [5.41, 5.74) is -1.79. The molecule has 0 aliphatic carbocycles. The van der Waals surface area contributed by atoms with Crippen LogP contribution in [0.3, 0.4) is 0 Å². The van der Waals surface area contributed by atoms with Gasteiger partial charge in [0.2, 0.25) is 0 Å². The quantitative estimate of drug-likeness (QED) is 0.574. The molecule has 0 saturated carbocycles. The van der Waals surface area contributed by atoms with E-state index in [1.165, 1.54) is 13.8 Å². The minimum Gasteiger partial charge on any atom is -0.375 e. The van der Waals surface area contributed by atoms with Crippen molar-refractivity contribution in [1.82, 2.24) is 0 Å². The molecule has 4 heteroatoms. The number of halogens is 1. The van der Waals surface area contributed by atoms with E-state index >= 15 is 0 Å². The third-order valence-electron chi connectivity index (χ3n) is 1.77. The molecule has 0 aromatic carbocycles. The first kappa shape index (κ1) is 11.8. The zero-order valence-corrected chi connectivity index (χ0v) is 8.85. The Labute approximate surface area is 80.3 Å². The Kier molecular flexibility index (Phi) is 4.63.